The number of thiazole rings is 1. The molecule has 1 aliphatic rings. The van der Waals surface area contributed by atoms with E-state index in [1.807, 2.05) is 41.8 Å². The smallest absolute Gasteiger partial charge is 0.235 e. The number of hydrogen-bond donors (Lipinski definition) is 1. The number of likely N-dealkylation sites (tertiary alicyclic amines) is 1. The predicted octanol–water partition coefficient (Wildman–Crippen LogP) is 4.19. The fourth-order valence-corrected chi connectivity index (χ4v) is 4.69. The summed E-state index contributed by atoms with van der Waals surface area (Å²) < 4.78 is 13.5. The van der Waals surface area contributed by atoms with E-state index >= 15 is 0 Å². The van der Waals surface area contributed by atoms with Gasteiger partial charge >= 0.3 is 0 Å². The molecule has 0 aliphatic carbocycles. The number of amides is 1. The molecule has 4 rings (SSSR count). The van der Waals surface area contributed by atoms with Gasteiger partial charge in [0.15, 0.2) is 0 Å². The Morgan fingerprint density at radius 2 is 2.10 bits per heavy atom. The molecule has 1 fully saturated rings. The van der Waals surface area contributed by atoms with Gasteiger partial charge in [-0.2, -0.15) is 0 Å². The normalized spacial score (nSPS) is 17.9. The number of halogens is 1. The summed E-state index contributed by atoms with van der Waals surface area (Å²) in [6.07, 6.45) is 4.61. The summed E-state index contributed by atoms with van der Waals surface area (Å²) in [4.78, 5) is 19.5. The second-order valence-corrected chi connectivity index (χ2v) is 8.31. The van der Waals surface area contributed by atoms with Gasteiger partial charge in [-0.25, -0.2) is 9.37 Å². The van der Waals surface area contributed by atoms with E-state index in [4.69, 9.17) is 0 Å². The molecular weight excluding hydrogens is 385 g/mol. The van der Waals surface area contributed by atoms with Gasteiger partial charge in [-0.15, -0.1) is 11.3 Å². The zero-order valence-electron chi connectivity index (χ0n) is 16.1. The number of carbonyl (C=O) groups excluding carboxylic acids is 1. The zero-order chi connectivity index (χ0) is 20.1. The lowest BCUT2D eigenvalue weighted by atomic mass is 10.0. The van der Waals surface area contributed by atoms with Crippen LogP contribution < -0.4 is 5.32 Å². The van der Waals surface area contributed by atoms with Gasteiger partial charge in [-0.3, -0.25) is 9.69 Å². The number of rotatable bonds is 7. The standard InChI is InChI=1S/C23H24FN3OS/c24-19-9-4-6-17(14-19)15-20-10-5-12-27(20)16-21(28)26-22(23-25-11-13-29-23)18-7-2-1-3-8-18/h1-4,6-9,11,13-14,20,22H,5,10,12,15-16H2,(H,26,28). The lowest BCUT2D eigenvalue weighted by molar-refractivity contribution is -0.123. The molecule has 6 heteroatoms. The van der Waals surface area contributed by atoms with Crippen molar-refractivity contribution in [1.29, 1.82) is 0 Å². The van der Waals surface area contributed by atoms with E-state index in [-0.39, 0.29) is 23.8 Å². The molecule has 0 bridgehead atoms. The predicted molar refractivity (Wildman–Crippen MR) is 113 cm³/mol. The van der Waals surface area contributed by atoms with E-state index in [9.17, 15) is 9.18 Å². The maximum Gasteiger partial charge on any atom is 0.235 e. The highest BCUT2D eigenvalue weighted by Crippen LogP contribution is 2.25. The van der Waals surface area contributed by atoms with Crippen LogP contribution in [-0.4, -0.2) is 34.9 Å². The highest BCUT2D eigenvalue weighted by molar-refractivity contribution is 7.09. The van der Waals surface area contributed by atoms with E-state index in [1.54, 1.807) is 18.3 Å². The van der Waals surface area contributed by atoms with Crippen LogP contribution in [0.5, 0.6) is 0 Å². The van der Waals surface area contributed by atoms with Crippen LogP contribution in [0.1, 0.15) is 35.0 Å². The Balaban J connectivity index is 1.42. The minimum Gasteiger partial charge on any atom is -0.342 e. The Labute approximate surface area is 174 Å². The van der Waals surface area contributed by atoms with Crippen molar-refractivity contribution < 1.29 is 9.18 Å². The third-order valence-corrected chi connectivity index (χ3v) is 6.18. The average molecular weight is 410 g/mol. The molecule has 3 aromatic rings. The quantitative estimate of drug-likeness (QED) is 0.636. The lowest BCUT2D eigenvalue weighted by Gasteiger charge is -2.25. The first-order valence-corrected chi connectivity index (χ1v) is 10.8. The summed E-state index contributed by atoms with van der Waals surface area (Å²) in [6.45, 7) is 1.23. The SMILES string of the molecule is O=C(CN1CCCC1Cc1cccc(F)c1)NC(c1ccccc1)c1nccs1. The van der Waals surface area contributed by atoms with Crippen LogP contribution in [0.4, 0.5) is 4.39 Å². The third-order valence-electron chi connectivity index (χ3n) is 5.34. The van der Waals surface area contributed by atoms with Gasteiger partial charge in [-0.1, -0.05) is 42.5 Å². The molecule has 0 saturated carbocycles. The maximum absolute atomic E-state index is 13.5. The Morgan fingerprint density at radius 3 is 2.86 bits per heavy atom. The molecule has 2 atom stereocenters. The monoisotopic (exact) mass is 409 g/mol. The average Bonchev–Trinajstić information content (AvgIpc) is 3.40. The molecule has 2 heterocycles. The maximum atomic E-state index is 13.5. The minimum atomic E-state index is -0.243. The molecule has 4 nitrogen and oxygen atoms in total. The third kappa shape index (κ3) is 5.08. The van der Waals surface area contributed by atoms with Gasteiger partial charge in [-0.05, 0) is 49.1 Å². The first-order chi connectivity index (χ1) is 14.2. The Bertz CT molecular complexity index is 932. The fraction of sp³-hybridized carbons (Fsp3) is 0.304. The first-order valence-electron chi connectivity index (χ1n) is 9.91. The summed E-state index contributed by atoms with van der Waals surface area (Å²) >= 11 is 1.54. The number of hydrogen-bond acceptors (Lipinski definition) is 4. The molecule has 0 radical (unpaired) electrons. The Morgan fingerprint density at radius 1 is 1.24 bits per heavy atom. The van der Waals surface area contributed by atoms with Crippen molar-refractivity contribution in [3.63, 3.8) is 0 Å². The number of aromatic nitrogens is 1. The molecule has 150 valence electrons. The molecule has 2 aromatic carbocycles. The van der Waals surface area contributed by atoms with Crippen molar-refractivity contribution >= 4 is 17.2 Å². The summed E-state index contributed by atoms with van der Waals surface area (Å²) in [5.41, 5.74) is 2.00. The van der Waals surface area contributed by atoms with Gasteiger partial charge in [0.1, 0.15) is 16.9 Å². The van der Waals surface area contributed by atoms with Gasteiger partial charge < -0.3 is 5.32 Å². The molecule has 2 unspecified atom stereocenters. The molecule has 0 spiro atoms. The first kappa shape index (κ1) is 19.7. The van der Waals surface area contributed by atoms with Crippen molar-refractivity contribution in [2.45, 2.75) is 31.3 Å². The van der Waals surface area contributed by atoms with Crippen LogP contribution in [0, 0.1) is 5.82 Å². The van der Waals surface area contributed by atoms with Crippen LogP contribution in [0.25, 0.3) is 0 Å². The zero-order valence-corrected chi connectivity index (χ0v) is 16.9. The summed E-state index contributed by atoms with van der Waals surface area (Å²) in [5, 5.41) is 5.96. The fourth-order valence-electron chi connectivity index (χ4n) is 3.97. The van der Waals surface area contributed by atoms with Crippen LogP contribution in [0.3, 0.4) is 0 Å². The van der Waals surface area contributed by atoms with E-state index in [0.717, 1.165) is 41.9 Å². The van der Waals surface area contributed by atoms with Gasteiger partial charge in [0, 0.05) is 17.6 Å². The van der Waals surface area contributed by atoms with Crippen molar-refractivity contribution in [3.05, 3.63) is 88.1 Å². The number of nitrogens with one attached hydrogen (secondary N) is 1. The number of carbonyl (C=O) groups is 1. The van der Waals surface area contributed by atoms with Gasteiger partial charge in [0.2, 0.25) is 5.91 Å². The van der Waals surface area contributed by atoms with Crippen molar-refractivity contribution in [3.8, 4) is 0 Å². The van der Waals surface area contributed by atoms with Crippen LogP contribution in [0.15, 0.2) is 66.2 Å². The largest absolute Gasteiger partial charge is 0.342 e. The van der Waals surface area contributed by atoms with E-state index < -0.39 is 0 Å². The molecule has 29 heavy (non-hydrogen) atoms. The molecule has 1 aromatic heterocycles. The van der Waals surface area contributed by atoms with Crippen molar-refractivity contribution in [2.24, 2.45) is 0 Å². The summed E-state index contributed by atoms with van der Waals surface area (Å²) in [7, 11) is 0. The van der Waals surface area contributed by atoms with E-state index in [2.05, 4.69) is 15.2 Å². The van der Waals surface area contributed by atoms with Crippen LogP contribution >= 0.6 is 11.3 Å². The Kier molecular flexibility index (Phi) is 6.32. The number of benzene rings is 2. The summed E-state index contributed by atoms with van der Waals surface area (Å²) in [5.74, 6) is -0.223. The van der Waals surface area contributed by atoms with Crippen molar-refractivity contribution in [1.82, 2.24) is 15.2 Å². The molecule has 1 amide bonds. The lowest BCUT2D eigenvalue weighted by Crippen LogP contribution is -2.42. The summed E-state index contributed by atoms with van der Waals surface area (Å²) in [6, 6.07) is 16.7. The van der Waals surface area contributed by atoms with Crippen LogP contribution in [-0.2, 0) is 11.2 Å². The topological polar surface area (TPSA) is 45.2 Å². The molecule has 1 N–H and O–H groups in total. The van der Waals surface area contributed by atoms with E-state index in [1.165, 1.54) is 17.4 Å². The highest BCUT2D eigenvalue weighted by atomic mass is 32.1. The van der Waals surface area contributed by atoms with Gasteiger partial charge in [0.25, 0.3) is 0 Å². The molecule has 1 aliphatic heterocycles. The minimum absolute atomic E-state index is 0.0137. The van der Waals surface area contributed by atoms with Crippen LogP contribution in [0.2, 0.25) is 0 Å². The van der Waals surface area contributed by atoms with Gasteiger partial charge in [0.05, 0.1) is 6.54 Å². The molecular formula is C23H24FN3OS. The second-order valence-electron chi connectivity index (χ2n) is 7.38. The Hall–Kier alpha value is -2.57. The molecule has 1 saturated heterocycles. The van der Waals surface area contributed by atoms with E-state index in [0.29, 0.717) is 6.54 Å². The highest BCUT2D eigenvalue weighted by Gasteiger charge is 2.28. The second kappa shape index (κ2) is 9.29. The number of nitrogens with zero attached hydrogens (tertiary/aromatic N) is 2. The van der Waals surface area contributed by atoms with Crippen molar-refractivity contribution in [2.75, 3.05) is 13.1 Å².